The van der Waals surface area contributed by atoms with Crippen molar-refractivity contribution in [2.45, 2.75) is 40.5 Å². The zero-order valence-corrected chi connectivity index (χ0v) is 15.7. The first-order valence-corrected chi connectivity index (χ1v) is 9.09. The third-order valence-corrected chi connectivity index (χ3v) is 4.82. The monoisotopic (exact) mass is 340 g/mol. The number of hydrogen-bond acceptors (Lipinski definition) is 4. The van der Waals surface area contributed by atoms with Gasteiger partial charge in [0, 0.05) is 30.4 Å². The van der Waals surface area contributed by atoms with Crippen LogP contribution in [0.15, 0.2) is 24.5 Å². The molecule has 0 bridgehead atoms. The number of rotatable bonds is 3. The summed E-state index contributed by atoms with van der Waals surface area (Å²) in [5.41, 5.74) is 1.86. The van der Waals surface area contributed by atoms with E-state index in [9.17, 15) is 4.79 Å². The Morgan fingerprint density at radius 1 is 1.32 bits per heavy atom. The quantitative estimate of drug-likeness (QED) is 0.931. The summed E-state index contributed by atoms with van der Waals surface area (Å²) in [6.07, 6.45) is 3.91. The molecule has 1 aliphatic heterocycles. The van der Waals surface area contributed by atoms with Crippen molar-refractivity contribution in [2.75, 3.05) is 24.5 Å². The minimum absolute atomic E-state index is 0.118. The Balaban J connectivity index is 1.74. The number of nitrogens with zero attached hydrogens (tertiary/aromatic N) is 3. The van der Waals surface area contributed by atoms with Gasteiger partial charge in [-0.15, -0.1) is 0 Å². The highest BCUT2D eigenvalue weighted by molar-refractivity contribution is 5.89. The minimum Gasteiger partial charge on any atom is -0.356 e. The summed E-state index contributed by atoms with van der Waals surface area (Å²) in [6.45, 7) is 10.6. The number of hydrogen-bond donors (Lipinski definition) is 1. The van der Waals surface area contributed by atoms with Crippen molar-refractivity contribution in [3.8, 4) is 0 Å². The number of anilines is 1. The number of nitrogens with one attached hydrogen (secondary N) is 1. The SMILES string of the molecule is Cc1ccc2ncnc(N3CCCC(CNC(=O)C(C)(C)C)C3)c2c1. The lowest BCUT2D eigenvalue weighted by atomic mass is 9.94. The van der Waals surface area contributed by atoms with E-state index in [0.717, 1.165) is 49.2 Å². The maximum atomic E-state index is 12.1. The van der Waals surface area contributed by atoms with Crippen LogP contribution in [-0.4, -0.2) is 35.5 Å². The number of carbonyl (C=O) groups excluding carboxylic acids is 1. The Bertz CT molecular complexity index is 766. The molecule has 5 nitrogen and oxygen atoms in total. The average Bonchev–Trinajstić information content (AvgIpc) is 2.58. The summed E-state index contributed by atoms with van der Waals surface area (Å²) in [6, 6.07) is 6.30. The van der Waals surface area contributed by atoms with Crippen LogP contribution in [0, 0.1) is 18.3 Å². The molecule has 134 valence electrons. The van der Waals surface area contributed by atoms with Crippen LogP contribution in [0.1, 0.15) is 39.2 Å². The molecule has 25 heavy (non-hydrogen) atoms. The van der Waals surface area contributed by atoms with E-state index in [1.165, 1.54) is 5.56 Å². The first kappa shape index (κ1) is 17.6. The van der Waals surface area contributed by atoms with Crippen LogP contribution in [0.3, 0.4) is 0 Å². The van der Waals surface area contributed by atoms with Crippen molar-refractivity contribution in [2.24, 2.45) is 11.3 Å². The molecule has 0 saturated carbocycles. The molecule has 1 saturated heterocycles. The molecule has 1 aliphatic rings. The number of benzene rings is 1. The van der Waals surface area contributed by atoms with Gasteiger partial charge in [-0.1, -0.05) is 32.4 Å². The normalized spacial score (nSPS) is 18.4. The predicted molar refractivity (Wildman–Crippen MR) is 102 cm³/mol. The van der Waals surface area contributed by atoms with E-state index in [0.29, 0.717) is 5.92 Å². The van der Waals surface area contributed by atoms with E-state index >= 15 is 0 Å². The molecule has 2 heterocycles. The summed E-state index contributed by atoms with van der Waals surface area (Å²) in [4.78, 5) is 23.4. The van der Waals surface area contributed by atoms with E-state index in [-0.39, 0.29) is 11.3 Å². The summed E-state index contributed by atoms with van der Waals surface area (Å²) in [7, 11) is 0. The first-order valence-electron chi connectivity index (χ1n) is 9.09. The number of carbonyl (C=O) groups is 1. The highest BCUT2D eigenvalue weighted by atomic mass is 16.2. The molecular formula is C20H28N4O. The van der Waals surface area contributed by atoms with Gasteiger partial charge in [-0.05, 0) is 37.8 Å². The standard InChI is InChI=1S/C20H28N4O/c1-14-7-8-17-16(10-14)18(23-13-22-17)24-9-5-6-15(12-24)11-21-19(25)20(2,3)4/h7-8,10,13,15H,5-6,9,11-12H2,1-4H3,(H,21,25). The van der Waals surface area contributed by atoms with Gasteiger partial charge >= 0.3 is 0 Å². The number of piperidine rings is 1. The lowest BCUT2D eigenvalue weighted by Crippen LogP contribution is -2.43. The fourth-order valence-electron chi connectivity index (χ4n) is 3.34. The molecule has 0 spiro atoms. The van der Waals surface area contributed by atoms with Gasteiger partial charge in [-0.25, -0.2) is 9.97 Å². The fourth-order valence-corrected chi connectivity index (χ4v) is 3.34. The van der Waals surface area contributed by atoms with Gasteiger partial charge in [0.1, 0.15) is 12.1 Å². The Morgan fingerprint density at radius 3 is 2.88 bits per heavy atom. The molecule has 1 aromatic heterocycles. The van der Waals surface area contributed by atoms with Crippen molar-refractivity contribution < 1.29 is 4.79 Å². The zero-order valence-electron chi connectivity index (χ0n) is 15.7. The largest absolute Gasteiger partial charge is 0.356 e. The second kappa shape index (κ2) is 6.98. The predicted octanol–water partition coefficient (Wildman–Crippen LogP) is 3.32. The van der Waals surface area contributed by atoms with E-state index in [1.807, 2.05) is 20.8 Å². The molecule has 1 aromatic carbocycles. The Kier molecular flexibility index (Phi) is 4.93. The Labute approximate surface area is 149 Å². The fraction of sp³-hybridized carbons (Fsp3) is 0.550. The molecule has 3 rings (SSSR count). The van der Waals surface area contributed by atoms with Crippen LogP contribution < -0.4 is 10.2 Å². The van der Waals surface area contributed by atoms with E-state index in [4.69, 9.17) is 0 Å². The smallest absolute Gasteiger partial charge is 0.225 e. The molecule has 5 heteroatoms. The molecule has 0 aliphatic carbocycles. The maximum absolute atomic E-state index is 12.1. The first-order chi connectivity index (χ1) is 11.8. The van der Waals surface area contributed by atoms with Crippen LogP contribution in [0.5, 0.6) is 0 Å². The van der Waals surface area contributed by atoms with Gasteiger partial charge in [0.15, 0.2) is 0 Å². The van der Waals surface area contributed by atoms with Crippen molar-refractivity contribution in [1.29, 1.82) is 0 Å². The molecule has 1 amide bonds. The van der Waals surface area contributed by atoms with Crippen LogP contribution in [0.4, 0.5) is 5.82 Å². The van der Waals surface area contributed by atoms with Crippen molar-refractivity contribution in [3.05, 3.63) is 30.1 Å². The number of amides is 1. The summed E-state index contributed by atoms with van der Waals surface area (Å²) < 4.78 is 0. The number of aromatic nitrogens is 2. The van der Waals surface area contributed by atoms with E-state index in [1.54, 1.807) is 6.33 Å². The molecule has 2 aromatic rings. The summed E-state index contributed by atoms with van der Waals surface area (Å²) >= 11 is 0. The molecule has 1 unspecified atom stereocenters. The lowest BCUT2D eigenvalue weighted by molar-refractivity contribution is -0.128. The van der Waals surface area contributed by atoms with Gasteiger partial charge < -0.3 is 10.2 Å². The lowest BCUT2D eigenvalue weighted by Gasteiger charge is -2.34. The van der Waals surface area contributed by atoms with Gasteiger partial charge in [0.25, 0.3) is 0 Å². The van der Waals surface area contributed by atoms with Gasteiger partial charge in [0.05, 0.1) is 5.52 Å². The summed E-state index contributed by atoms with van der Waals surface area (Å²) in [5, 5.41) is 4.23. The van der Waals surface area contributed by atoms with Crippen LogP contribution in [0.2, 0.25) is 0 Å². The molecule has 1 N–H and O–H groups in total. The molecular weight excluding hydrogens is 312 g/mol. The van der Waals surface area contributed by atoms with Crippen LogP contribution in [-0.2, 0) is 4.79 Å². The number of aryl methyl sites for hydroxylation is 1. The Morgan fingerprint density at radius 2 is 2.12 bits per heavy atom. The second-order valence-corrected chi connectivity index (χ2v) is 8.13. The van der Waals surface area contributed by atoms with E-state index in [2.05, 4.69) is 45.3 Å². The third-order valence-electron chi connectivity index (χ3n) is 4.82. The van der Waals surface area contributed by atoms with Crippen molar-refractivity contribution in [1.82, 2.24) is 15.3 Å². The minimum atomic E-state index is -0.339. The Hall–Kier alpha value is -2.17. The van der Waals surface area contributed by atoms with Crippen molar-refractivity contribution in [3.63, 3.8) is 0 Å². The highest BCUT2D eigenvalue weighted by Gasteiger charge is 2.25. The second-order valence-electron chi connectivity index (χ2n) is 8.13. The maximum Gasteiger partial charge on any atom is 0.225 e. The zero-order chi connectivity index (χ0) is 18.0. The highest BCUT2D eigenvalue weighted by Crippen LogP contribution is 2.28. The topological polar surface area (TPSA) is 58.1 Å². The third kappa shape index (κ3) is 4.09. The number of fused-ring (bicyclic) bond motifs is 1. The van der Waals surface area contributed by atoms with Crippen LogP contribution in [0.25, 0.3) is 10.9 Å². The van der Waals surface area contributed by atoms with Gasteiger partial charge in [0.2, 0.25) is 5.91 Å². The van der Waals surface area contributed by atoms with Gasteiger partial charge in [-0.2, -0.15) is 0 Å². The average molecular weight is 340 g/mol. The molecule has 1 fully saturated rings. The summed E-state index contributed by atoms with van der Waals surface area (Å²) in [5.74, 6) is 1.59. The van der Waals surface area contributed by atoms with Crippen molar-refractivity contribution >= 4 is 22.6 Å². The molecule has 1 atom stereocenters. The van der Waals surface area contributed by atoms with Crippen LogP contribution >= 0.6 is 0 Å². The molecule has 0 radical (unpaired) electrons. The van der Waals surface area contributed by atoms with E-state index < -0.39 is 0 Å². The van der Waals surface area contributed by atoms with Gasteiger partial charge in [-0.3, -0.25) is 4.79 Å².